The van der Waals surface area contributed by atoms with Gasteiger partial charge in [0.1, 0.15) is 5.75 Å². The minimum atomic E-state index is -0.0923. The molecule has 0 saturated carbocycles. The summed E-state index contributed by atoms with van der Waals surface area (Å²) in [5.41, 5.74) is 4.68. The number of hydrogen-bond acceptors (Lipinski definition) is 4. The van der Waals surface area contributed by atoms with Crippen molar-refractivity contribution >= 4 is 11.7 Å². The van der Waals surface area contributed by atoms with Gasteiger partial charge in [-0.25, -0.2) is 9.97 Å². The van der Waals surface area contributed by atoms with E-state index in [2.05, 4.69) is 24.1 Å². The number of aryl methyl sites for hydroxylation is 1. The first-order chi connectivity index (χ1) is 13.9. The maximum absolute atomic E-state index is 12.5. The second-order valence-corrected chi connectivity index (χ2v) is 7.59. The fourth-order valence-electron chi connectivity index (χ4n) is 3.03. The first-order valence-electron chi connectivity index (χ1n) is 9.80. The molecule has 0 unspecified atom stereocenters. The summed E-state index contributed by atoms with van der Waals surface area (Å²) in [6.07, 6.45) is 2.74. The maximum Gasteiger partial charge on any atom is 0.229 e. The predicted octanol–water partition coefficient (Wildman–Crippen LogP) is 4.84. The molecule has 0 radical (unpaired) electrons. The monoisotopic (exact) mass is 389 g/mol. The van der Waals surface area contributed by atoms with E-state index < -0.39 is 0 Å². The zero-order chi connectivity index (χ0) is 20.8. The lowest BCUT2D eigenvalue weighted by atomic mass is 10.1. The first-order valence-corrected chi connectivity index (χ1v) is 9.80. The number of amides is 1. The number of methoxy groups -OCH3 is 1. The van der Waals surface area contributed by atoms with Gasteiger partial charge in [0.2, 0.25) is 5.91 Å². The van der Waals surface area contributed by atoms with Crippen molar-refractivity contribution in [1.82, 2.24) is 9.97 Å². The Hall–Kier alpha value is -3.21. The van der Waals surface area contributed by atoms with Crippen LogP contribution in [0.2, 0.25) is 0 Å². The van der Waals surface area contributed by atoms with Gasteiger partial charge >= 0.3 is 0 Å². The van der Waals surface area contributed by atoms with Gasteiger partial charge in [-0.15, -0.1) is 0 Å². The molecule has 0 aliphatic heterocycles. The van der Waals surface area contributed by atoms with Crippen molar-refractivity contribution in [2.75, 3.05) is 12.4 Å². The number of aromatic nitrogens is 2. The Balaban J connectivity index is 1.81. The van der Waals surface area contributed by atoms with Crippen LogP contribution in [0.3, 0.4) is 0 Å². The molecule has 0 aliphatic rings. The molecular weight excluding hydrogens is 362 g/mol. The molecule has 1 amide bonds. The van der Waals surface area contributed by atoms with Gasteiger partial charge < -0.3 is 10.1 Å². The SMILES string of the molecule is COc1ccc(-c2cnc(NC(=O)Cc3ccc(C)cc3)c(CC(C)C)n2)cc1. The highest BCUT2D eigenvalue weighted by molar-refractivity contribution is 5.92. The number of carbonyl (C=O) groups is 1. The highest BCUT2D eigenvalue weighted by atomic mass is 16.5. The van der Waals surface area contributed by atoms with Crippen LogP contribution in [0.15, 0.2) is 54.7 Å². The molecular formula is C24H27N3O2. The van der Waals surface area contributed by atoms with Crippen molar-refractivity contribution < 1.29 is 9.53 Å². The predicted molar refractivity (Wildman–Crippen MR) is 116 cm³/mol. The summed E-state index contributed by atoms with van der Waals surface area (Å²) in [6, 6.07) is 15.7. The molecule has 0 bridgehead atoms. The van der Waals surface area contributed by atoms with E-state index in [-0.39, 0.29) is 5.91 Å². The fourth-order valence-corrected chi connectivity index (χ4v) is 3.03. The molecule has 5 heteroatoms. The van der Waals surface area contributed by atoms with Crippen LogP contribution in [-0.2, 0) is 17.6 Å². The molecule has 0 saturated heterocycles. The van der Waals surface area contributed by atoms with Gasteiger partial charge in [-0.1, -0.05) is 43.7 Å². The van der Waals surface area contributed by atoms with E-state index in [4.69, 9.17) is 9.72 Å². The summed E-state index contributed by atoms with van der Waals surface area (Å²) in [7, 11) is 1.64. The first kappa shape index (κ1) is 20.5. The second kappa shape index (κ2) is 9.32. The molecule has 1 aromatic heterocycles. The lowest BCUT2D eigenvalue weighted by molar-refractivity contribution is -0.115. The maximum atomic E-state index is 12.5. The molecule has 0 aliphatic carbocycles. The van der Waals surface area contributed by atoms with E-state index in [0.29, 0.717) is 18.2 Å². The summed E-state index contributed by atoms with van der Waals surface area (Å²) >= 11 is 0. The van der Waals surface area contributed by atoms with Crippen LogP contribution >= 0.6 is 0 Å². The quantitative estimate of drug-likeness (QED) is 0.628. The molecule has 1 N–H and O–H groups in total. The van der Waals surface area contributed by atoms with Crippen LogP contribution in [0, 0.1) is 12.8 Å². The molecule has 5 nitrogen and oxygen atoms in total. The van der Waals surface area contributed by atoms with Crippen molar-refractivity contribution in [3.05, 3.63) is 71.5 Å². The van der Waals surface area contributed by atoms with Crippen molar-refractivity contribution in [3.8, 4) is 17.0 Å². The van der Waals surface area contributed by atoms with E-state index in [1.54, 1.807) is 13.3 Å². The zero-order valence-corrected chi connectivity index (χ0v) is 17.4. The summed E-state index contributed by atoms with van der Waals surface area (Å²) in [6.45, 7) is 6.28. The number of nitrogens with one attached hydrogen (secondary N) is 1. The van der Waals surface area contributed by atoms with Gasteiger partial charge in [0, 0.05) is 5.56 Å². The standard InChI is InChI=1S/C24H27N3O2/c1-16(2)13-21-24(27-23(28)14-18-7-5-17(3)6-8-18)25-15-22(26-21)19-9-11-20(29-4)12-10-19/h5-12,15-16H,13-14H2,1-4H3,(H,25,27,28). The average Bonchev–Trinajstić information content (AvgIpc) is 2.71. The summed E-state index contributed by atoms with van der Waals surface area (Å²) in [4.78, 5) is 21.9. The smallest absolute Gasteiger partial charge is 0.229 e. The van der Waals surface area contributed by atoms with Gasteiger partial charge in [0.05, 0.1) is 31.1 Å². The number of benzene rings is 2. The Morgan fingerprint density at radius 3 is 2.38 bits per heavy atom. The fraction of sp³-hybridized carbons (Fsp3) is 0.292. The highest BCUT2D eigenvalue weighted by Crippen LogP contribution is 2.24. The van der Waals surface area contributed by atoms with Gasteiger partial charge in [-0.05, 0) is 49.1 Å². The lowest BCUT2D eigenvalue weighted by Crippen LogP contribution is -2.18. The van der Waals surface area contributed by atoms with Crippen molar-refractivity contribution in [1.29, 1.82) is 0 Å². The lowest BCUT2D eigenvalue weighted by Gasteiger charge is -2.13. The Bertz CT molecular complexity index is 964. The van der Waals surface area contributed by atoms with Gasteiger partial charge in [-0.3, -0.25) is 4.79 Å². The second-order valence-electron chi connectivity index (χ2n) is 7.59. The largest absolute Gasteiger partial charge is 0.497 e. The van der Waals surface area contributed by atoms with E-state index in [1.807, 2.05) is 55.5 Å². The van der Waals surface area contributed by atoms with E-state index >= 15 is 0 Å². The Morgan fingerprint density at radius 2 is 1.76 bits per heavy atom. The van der Waals surface area contributed by atoms with Crippen molar-refractivity contribution in [2.24, 2.45) is 5.92 Å². The highest BCUT2D eigenvalue weighted by Gasteiger charge is 2.14. The van der Waals surface area contributed by atoms with Crippen LogP contribution in [0.25, 0.3) is 11.3 Å². The number of hydrogen-bond donors (Lipinski definition) is 1. The van der Waals surface area contributed by atoms with Crippen LogP contribution in [-0.4, -0.2) is 23.0 Å². The molecule has 3 rings (SSSR count). The molecule has 3 aromatic rings. The van der Waals surface area contributed by atoms with E-state index in [9.17, 15) is 4.79 Å². The van der Waals surface area contributed by atoms with Crippen LogP contribution in [0.5, 0.6) is 5.75 Å². The third kappa shape index (κ3) is 5.64. The molecule has 150 valence electrons. The number of carbonyl (C=O) groups excluding carboxylic acids is 1. The third-order valence-electron chi connectivity index (χ3n) is 4.58. The Kier molecular flexibility index (Phi) is 6.60. The summed E-state index contributed by atoms with van der Waals surface area (Å²) < 4.78 is 5.22. The van der Waals surface area contributed by atoms with Gasteiger partial charge in [0.15, 0.2) is 5.82 Å². The summed E-state index contributed by atoms with van der Waals surface area (Å²) in [5, 5.41) is 2.94. The number of nitrogens with zero attached hydrogens (tertiary/aromatic N) is 2. The molecule has 0 spiro atoms. The Morgan fingerprint density at radius 1 is 1.07 bits per heavy atom. The summed E-state index contributed by atoms with van der Waals surface area (Å²) in [5.74, 6) is 1.63. The Labute approximate surface area is 172 Å². The van der Waals surface area contributed by atoms with Crippen LogP contribution in [0.4, 0.5) is 5.82 Å². The molecule has 0 atom stereocenters. The molecule has 2 aromatic carbocycles. The minimum Gasteiger partial charge on any atom is -0.497 e. The third-order valence-corrected chi connectivity index (χ3v) is 4.58. The van der Waals surface area contributed by atoms with Crippen LogP contribution < -0.4 is 10.1 Å². The molecule has 0 fully saturated rings. The van der Waals surface area contributed by atoms with Crippen molar-refractivity contribution in [3.63, 3.8) is 0 Å². The number of ether oxygens (including phenoxy) is 1. The van der Waals surface area contributed by atoms with Crippen LogP contribution in [0.1, 0.15) is 30.7 Å². The minimum absolute atomic E-state index is 0.0923. The van der Waals surface area contributed by atoms with E-state index in [1.165, 1.54) is 5.56 Å². The van der Waals surface area contributed by atoms with E-state index in [0.717, 1.165) is 34.7 Å². The molecule has 1 heterocycles. The zero-order valence-electron chi connectivity index (χ0n) is 17.4. The topological polar surface area (TPSA) is 64.1 Å². The van der Waals surface area contributed by atoms with Gasteiger partial charge in [0.25, 0.3) is 0 Å². The number of rotatable bonds is 7. The van der Waals surface area contributed by atoms with Gasteiger partial charge in [-0.2, -0.15) is 0 Å². The number of anilines is 1. The van der Waals surface area contributed by atoms with Crippen molar-refractivity contribution in [2.45, 2.75) is 33.6 Å². The average molecular weight is 389 g/mol. The normalized spacial score (nSPS) is 10.8. The molecule has 29 heavy (non-hydrogen) atoms.